The van der Waals surface area contributed by atoms with Gasteiger partial charge >= 0.3 is 0 Å². The maximum Gasteiger partial charge on any atom is 0.261 e. The molecular weight excluding hydrogens is 286 g/mol. The van der Waals surface area contributed by atoms with Gasteiger partial charge in [-0.25, -0.2) is 0 Å². The molecule has 2 nitrogen and oxygen atoms in total. The number of hydrogen-bond donors (Lipinski definition) is 1. The van der Waals surface area contributed by atoms with Crippen molar-refractivity contribution in [3.05, 3.63) is 57.6 Å². The average molecular weight is 301 g/mol. The van der Waals surface area contributed by atoms with Crippen LogP contribution in [-0.2, 0) is 6.42 Å². The van der Waals surface area contributed by atoms with Crippen LogP contribution in [0.15, 0.2) is 47.8 Å². The molecule has 2 aromatic heterocycles. The van der Waals surface area contributed by atoms with Gasteiger partial charge in [0.1, 0.15) is 0 Å². The van der Waals surface area contributed by atoms with E-state index in [9.17, 15) is 4.79 Å². The quantitative estimate of drug-likeness (QED) is 0.764. The zero-order valence-corrected chi connectivity index (χ0v) is 12.8. The van der Waals surface area contributed by atoms with Crippen molar-refractivity contribution >= 4 is 38.7 Å². The Balaban J connectivity index is 1.69. The Hall–Kier alpha value is -1.65. The Labute approximate surface area is 126 Å². The Morgan fingerprint density at radius 1 is 1.25 bits per heavy atom. The van der Waals surface area contributed by atoms with Crippen molar-refractivity contribution in [1.29, 1.82) is 0 Å². The normalized spacial score (nSPS) is 12.4. The SMILES string of the molecule is CC(Cc1cccs1)NC(=O)c1cc2ccccc2s1. The summed E-state index contributed by atoms with van der Waals surface area (Å²) < 4.78 is 1.16. The summed E-state index contributed by atoms with van der Waals surface area (Å²) in [4.78, 5) is 14.3. The average Bonchev–Trinajstić information content (AvgIpc) is 3.06. The third kappa shape index (κ3) is 2.92. The summed E-state index contributed by atoms with van der Waals surface area (Å²) in [6.45, 7) is 2.05. The molecule has 1 N–H and O–H groups in total. The van der Waals surface area contributed by atoms with Gasteiger partial charge in [0.25, 0.3) is 5.91 Å². The second-order valence-corrected chi connectivity index (χ2v) is 6.92. The summed E-state index contributed by atoms with van der Waals surface area (Å²) in [6, 6.07) is 14.3. The zero-order valence-electron chi connectivity index (χ0n) is 11.1. The minimum absolute atomic E-state index is 0.0234. The maximum atomic E-state index is 12.3. The lowest BCUT2D eigenvalue weighted by molar-refractivity contribution is 0.0944. The predicted octanol–water partition coefficient (Wildman–Crippen LogP) is 4.32. The van der Waals surface area contributed by atoms with Crippen molar-refractivity contribution in [3.63, 3.8) is 0 Å². The first-order valence-corrected chi connectivity index (χ1v) is 8.24. The number of carbonyl (C=O) groups is 1. The molecule has 0 bridgehead atoms. The molecule has 3 rings (SSSR count). The number of amides is 1. The molecule has 1 unspecified atom stereocenters. The van der Waals surface area contributed by atoms with Crippen LogP contribution < -0.4 is 5.32 Å². The molecule has 2 heterocycles. The van der Waals surface area contributed by atoms with Crippen LogP contribution in [0.1, 0.15) is 21.5 Å². The van der Waals surface area contributed by atoms with E-state index in [1.54, 1.807) is 22.7 Å². The minimum Gasteiger partial charge on any atom is -0.349 e. The fourth-order valence-electron chi connectivity index (χ4n) is 2.17. The van der Waals surface area contributed by atoms with Gasteiger partial charge in [0, 0.05) is 22.0 Å². The molecule has 0 spiro atoms. The monoisotopic (exact) mass is 301 g/mol. The molecule has 1 amide bonds. The predicted molar refractivity (Wildman–Crippen MR) is 86.8 cm³/mol. The summed E-state index contributed by atoms with van der Waals surface area (Å²) in [5, 5.41) is 6.27. The zero-order chi connectivity index (χ0) is 13.9. The molecule has 0 fully saturated rings. The van der Waals surface area contributed by atoms with Crippen molar-refractivity contribution in [1.82, 2.24) is 5.32 Å². The van der Waals surface area contributed by atoms with E-state index >= 15 is 0 Å². The molecule has 102 valence electrons. The van der Waals surface area contributed by atoms with Crippen LogP contribution in [0.2, 0.25) is 0 Å². The highest BCUT2D eigenvalue weighted by molar-refractivity contribution is 7.20. The number of carbonyl (C=O) groups excluding carboxylic acids is 1. The molecule has 0 aliphatic heterocycles. The summed E-state index contributed by atoms with van der Waals surface area (Å²) in [5.74, 6) is 0.0234. The Kier molecular flexibility index (Phi) is 3.85. The van der Waals surface area contributed by atoms with E-state index in [2.05, 4.69) is 16.8 Å². The number of fused-ring (bicyclic) bond motifs is 1. The van der Waals surface area contributed by atoms with Crippen LogP contribution in [-0.4, -0.2) is 11.9 Å². The highest BCUT2D eigenvalue weighted by atomic mass is 32.1. The fourth-order valence-corrected chi connectivity index (χ4v) is 3.97. The molecule has 0 saturated heterocycles. The molecular formula is C16H15NOS2. The number of thiophene rings is 2. The first-order chi connectivity index (χ1) is 9.72. The lowest BCUT2D eigenvalue weighted by atomic mass is 10.2. The molecule has 0 radical (unpaired) electrons. The molecule has 0 aliphatic carbocycles. The van der Waals surface area contributed by atoms with E-state index in [0.29, 0.717) is 0 Å². The first-order valence-electron chi connectivity index (χ1n) is 6.54. The van der Waals surface area contributed by atoms with E-state index in [0.717, 1.165) is 21.4 Å². The van der Waals surface area contributed by atoms with Gasteiger partial charge in [0.2, 0.25) is 0 Å². The van der Waals surface area contributed by atoms with Gasteiger partial charge < -0.3 is 5.32 Å². The van der Waals surface area contributed by atoms with Crippen LogP contribution in [0.4, 0.5) is 0 Å². The number of nitrogens with one attached hydrogen (secondary N) is 1. The van der Waals surface area contributed by atoms with E-state index < -0.39 is 0 Å². The second-order valence-electron chi connectivity index (χ2n) is 4.81. The second kappa shape index (κ2) is 5.77. The molecule has 20 heavy (non-hydrogen) atoms. The summed E-state index contributed by atoms with van der Waals surface area (Å²) in [7, 11) is 0. The molecule has 0 saturated carbocycles. The molecule has 3 aromatic rings. The van der Waals surface area contributed by atoms with Gasteiger partial charge in [-0.2, -0.15) is 0 Å². The van der Waals surface area contributed by atoms with Gasteiger partial charge in [-0.1, -0.05) is 24.3 Å². The highest BCUT2D eigenvalue weighted by Gasteiger charge is 2.13. The van der Waals surface area contributed by atoms with Gasteiger partial charge in [0.15, 0.2) is 0 Å². The number of hydrogen-bond acceptors (Lipinski definition) is 3. The number of benzene rings is 1. The molecule has 1 aromatic carbocycles. The van der Waals surface area contributed by atoms with Crippen molar-refractivity contribution in [2.24, 2.45) is 0 Å². The molecule has 4 heteroatoms. The first kappa shape index (κ1) is 13.3. The standard InChI is InChI=1S/C16H15NOS2/c1-11(9-13-6-4-8-19-13)17-16(18)15-10-12-5-2-3-7-14(12)20-15/h2-8,10-11H,9H2,1H3,(H,17,18). The Bertz CT molecular complexity index is 682. The summed E-state index contributed by atoms with van der Waals surface area (Å²) in [5.41, 5.74) is 0. The topological polar surface area (TPSA) is 29.1 Å². The highest BCUT2D eigenvalue weighted by Crippen LogP contribution is 2.25. The Morgan fingerprint density at radius 2 is 2.10 bits per heavy atom. The Morgan fingerprint density at radius 3 is 2.85 bits per heavy atom. The summed E-state index contributed by atoms with van der Waals surface area (Å²) >= 11 is 3.28. The maximum absolute atomic E-state index is 12.3. The lowest BCUT2D eigenvalue weighted by Gasteiger charge is -2.11. The van der Waals surface area contributed by atoms with E-state index in [-0.39, 0.29) is 11.9 Å². The van der Waals surface area contributed by atoms with Crippen molar-refractivity contribution in [2.45, 2.75) is 19.4 Å². The largest absolute Gasteiger partial charge is 0.349 e. The van der Waals surface area contributed by atoms with Crippen molar-refractivity contribution in [2.75, 3.05) is 0 Å². The van der Waals surface area contributed by atoms with Gasteiger partial charge in [-0.15, -0.1) is 22.7 Å². The fraction of sp³-hybridized carbons (Fsp3) is 0.188. The van der Waals surface area contributed by atoms with Crippen LogP contribution in [0.5, 0.6) is 0 Å². The van der Waals surface area contributed by atoms with Crippen molar-refractivity contribution in [3.8, 4) is 0 Å². The summed E-state index contributed by atoms with van der Waals surface area (Å²) in [6.07, 6.45) is 0.883. The van der Waals surface area contributed by atoms with E-state index in [1.807, 2.05) is 43.3 Å². The molecule has 0 aliphatic rings. The van der Waals surface area contributed by atoms with Gasteiger partial charge in [-0.3, -0.25) is 4.79 Å². The van der Waals surface area contributed by atoms with Crippen LogP contribution in [0.25, 0.3) is 10.1 Å². The van der Waals surface area contributed by atoms with Gasteiger partial charge in [-0.05, 0) is 35.9 Å². The third-order valence-corrected chi connectivity index (χ3v) is 5.13. The van der Waals surface area contributed by atoms with Crippen LogP contribution in [0, 0.1) is 0 Å². The third-order valence-electron chi connectivity index (χ3n) is 3.11. The minimum atomic E-state index is 0.0234. The van der Waals surface area contributed by atoms with Crippen molar-refractivity contribution < 1.29 is 4.79 Å². The van der Waals surface area contributed by atoms with E-state index in [1.165, 1.54) is 4.88 Å². The van der Waals surface area contributed by atoms with Crippen LogP contribution >= 0.6 is 22.7 Å². The van der Waals surface area contributed by atoms with E-state index in [4.69, 9.17) is 0 Å². The smallest absolute Gasteiger partial charge is 0.261 e. The van der Waals surface area contributed by atoms with Gasteiger partial charge in [0.05, 0.1) is 4.88 Å². The lowest BCUT2D eigenvalue weighted by Crippen LogP contribution is -2.33. The number of rotatable bonds is 4. The van der Waals surface area contributed by atoms with Crippen LogP contribution in [0.3, 0.4) is 0 Å². The molecule has 1 atom stereocenters.